The van der Waals surface area contributed by atoms with E-state index in [0.29, 0.717) is 33.2 Å². The first-order chi connectivity index (χ1) is 15.3. The highest BCUT2D eigenvalue weighted by molar-refractivity contribution is 7.89. The van der Waals surface area contributed by atoms with Crippen LogP contribution in [-0.2, 0) is 10.0 Å². The Kier molecular flexibility index (Phi) is 5.11. The first-order valence-electron chi connectivity index (χ1n) is 9.92. The van der Waals surface area contributed by atoms with Crippen LogP contribution in [0.3, 0.4) is 0 Å². The van der Waals surface area contributed by atoms with Crippen LogP contribution in [0.2, 0.25) is 0 Å². The third kappa shape index (κ3) is 3.51. The quantitative estimate of drug-likeness (QED) is 0.456. The number of fused-ring (bicyclic) bond motifs is 2. The normalized spacial score (nSPS) is 15.5. The van der Waals surface area contributed by atoms with Crippen LogP contribution in [0.1, 0.15) is 16.1 Å². The van der Waals surface area contributed by atoms with Gasteiger partial charge in [0.25, 0.3) is 5.91 Å². The number of amides is 1. The Morgan fingerprint density at radius 1 is 1.03 bits per heavy atom. The summed E-state index contributed by atoms with van der Waals surface area (Å²) in [6.45, 7) is 2.57. The van der Waals surface area contributed by atoms with Crippen LogP contribution >= 0.6 is 11.7 Å². The van der Waals surface area contributed by atoms with E-state index in [1.165, 1.54) is 22.5 Å². The van der Waals surface area contributed by atoms with Gasteiger partial charge in [0.1, 0.15) is 21.7 Å². The summed E-state index contributed by atoms with van der Waals surface area (Å²) in [5, 5.41) is 0.569. The molecule has 8 nitrogen and oxygen atoms in total. The lowest BCUT2D eigenvalue weighted by Crippen LogP contribution is -2.50. The minimum Gasteiger partial charge on any atom is -0.336 e. The second-order valence-electron chi connectivity index (χ2n) is 7.56. The van der Waals surface area contributed by atoms with Crippen molar-refractivity contribution in [1.29, 1.82) is 0 Å². The number of carbonyl (C=O) groups excluding carboxylic acids is 1. The zero-order valence-electron chi connectivity index (χ0n) is 17.0. The van der Waals surface area contributed by atoms with E-state index in [9.17, 15) is 17.6 Å². The van der Waals surface area contributed by atoms with E-state index < -0.39 is 15.8 Å². The molecule has 0 radical (unpaired) electrons. The van der Waals surface area contributed by atoms with Crippen LogP contribution in [0, 0.1) is 12.7 Å². The Bertz CT molecular complexity index is 1460. The third-order valence-electron chi connectivity index (χ3n) is 5.52. The van der Waals surface area contributed by atoms with Crippen molar-refractivity contribution in [2.75, 3.05) is 26.2 Å². The van der Waals surface area contributed by atoms with Gasteiger partial charge in [-0.1, -0.05) is 6.07 Å². The molecule has 11 heteroatoms. The van der Waals surface area contributed by atoms with Gasteiger partial charge in [0, 0.05) is 43.3 Å². The number of sulfonamides is 1. The molecule has 1 fully saturated rings. The fourth-order valence-electron chi connectivity index (χ4n) is 3.94. The maximum Gasteiger partial charge on any atom is 0.254 e. The second kappa shape index (κ2) is 7.84. The van der Waals surface area contributed by atoms with E-state index in [-0.39, 0.29) is 37.0 Å². The molecule has 5 rings (SSSR count). The predicted octanol–water partition coefficient (Wildman–Crippen LogP) is 2.83. The molecule has 0 spiro atoms. The Hall–Kier alpha value is -3.02. The first-order valence-corrected chi connectivity index (χ1v) is 12.1. The average molecular weight is 472 g/mol. The maximum atomic E-state index is 13.6. The highest BCUT2D eigenvalue weighted by atomic mass is 32.2. The van der Waals surface area contributed by atoms with E-state index in [0.717, 1.165) is 11.7 Å². The summed E-state index contributed by atoms with van der Waals surface area (Å²) < 4.78 is 49.7. The third-order valence-corrected chi connectivity index (χ3v) is 8.00. The van der Waals surface area contributed by atoms with Gasteiger partial charge >= 0.3 is 0 Å². The molecule has 0 unspecified atom stereocenters. The minimum absolute atomic E-state index is 0.126. The van der Waals surface area contributed by atoms with Crippen LogP contribution in [0.5, 0.6) is 0 Å². The number of hydrogen-bond donors (Lipinski definition) is 0. The Morgan fingerprint density at radius 2 is 1.81 bits per heavy atom. The molecule has 3 heterocycles. The molecule has 0 aliphatic carbocycles. The molecule has 4 aromatic rings. The molecule has 1 saturated heterocycles. The minimum atomic E-state index is -3.77. The Morgan fingerprint density at radius 3 is 2.59 bits per heavy atom. The zero-order valence-corrected chi connectivity index (χ0v) is 18.7. The smallest absolute Gasteiger partial charge is 0.254 e. The largest absolute Gasteiger partial charge is 0.336 e. The van der Waals surface area contributed by atoms with Crippen molar-refractivity contribution in [3.8, 4) is 0 Å². The SMILES string of the molecule is Cc1cc(C(=O)N2CCN(S(=O)(=O)c3cccc4nsnc34)CC2)c2ccc(F)cc2n1. The van der Waals surface area contributed by atoms with Gasteiger partial charge in [-0.2, -0.15) is 13.1 Å². The van der Waals surface area contributed by atoms with Crippen molar-refractivity contribution in [1.82, 2.24) is 22.9 Å². The van der Waals surface area contributed by atoms with Gasteiger partial charge in [-0.05, 0) is 37.3 Å². The summed E-state index contributed by atoms with van der Waals surface area (Å²) >= 11 is 0.970. The van der Waals surface area contributed by atoms with Crippen LogP contribution in [0.15, 0.2) is 47.4 Å². The molecule has 0 bridgehead atoms. The molecule has 1 amide bonds. The molecule has 2 aromatic carbocycles. The number of pyridine rings is 1. The number of halogens is 1. The number of aromatic nitrogens is 3. The van der Waals surface area contributed by atoms with Crippen LogP contribution in [0.25, 0.3) is 21.9 Å². The van der Waals surface area contributed by atoms with E-state index >= 15 is 0 Å². The van der Waals surface area contributed by atoms with E-state index in [4.69, 9.17) is 0 Å². The van der Waals surface area contributed by atoms with Crippen molar-refractivity contribution in [3.05, 3.63) is 59.5 Å². The number of nitrogens with zero attached hydrogens (tertiary/aromatic N) is 5. The van der Waals surface area contributed by atoms with E-state index in [2.05, 4.69) is 13.7 Å². The second-order valence-corrected chi connectivity index (χ2v) is 9.99. The lowest BCUT2D eigenvalue weighted by Gasteiger charge is -2.34. The number of hydrogen-bond acceptors (Lipinski definition) is 7. The molecule has 1 aliphatic heterocycles. The van der Waals surface area contributed by atoms with Crippen molar-refractivity contribution in [2.24, 2.45) is 0 Å². The van der Waals surface area contributed by atoms with E-state index in [1.807, 2.05) is 0 Å². The lowest BCUT2D eigenvalue weighted by molar-refractivity contribution is 0.0699. The lowest BCUT2D eigenvalue weighted by atomic mass is 10.1. The zero-order chi connectivity index (χ0) is 22.5. The van der Waals surface area contributed by atoms with Gasteiger partial charge in [-0.3, -0.25) is 9.78 Å². The molecule has 2 aromatic heterocycles. The fraction of sp³-hybridized carbons (Fsp3) is 0.238. The van der Waals surface area contributed by atoms with Gasteiger partial charge in [-0.15, -0.1) is 0 Å². The number of aryl methyl sites for hydroxylation is 1. The van der Waals surface area contributed by atoms with Gasteiger partial charge in [0.05, 0.1) is 22.8 Å². The molecule has 1 aliphatic rings. The molecule has 0 atom stereocenters. The van der Waals surface area contributed by atoms with Gasteiger partial charge in [0.2, 0.25) is 10.0 Å². The topological polar surface area (TPSA) is 96.4 Å². The van der Waals surface area contributed by atoms with Crippen molar-refractivity contribution >= 4 is 49.6 Å². The molecule has 0 N–H and O–H groups in total. The van der Waals surface area contributed by atoms with Gasteiger partial charge < -0.3 is 4.90 Å². The molecule has 32 heavy (non-hydrogen) atoms. The molecular formula is C21H18FN5O3S2. The monoisotopic (exact) mass is 471 g/mol. The van der Waals surface area contributed by atoms with Crippen LogP contribution < -0.4 is 0 Å². The molecule has 0 saturated carbocycles. The number of carbonyl (C=O) groups is 1. The van der Waals surface area contributed by atoms with Gasteiger partial charge in [-0.25, -0.2) is 12.8 Å². The Labute approximate surface area is 187 Å². The van der Waals surface area contributed by atoms with Crippen LogP contribution in [-0.4, -0.2) is 63.4 Å². The summed E-state index contributed by atoms with van der Waals surface area (Å²) in [7, 11) is -3.77. The van der Waals surface area contributed by atoms with Crippen molar-refractivity contribution in [2.45, 2.75) is 11.8 Å². The van der Waals surface area contributed by atoms with Crippen LogP contribution in [0.4, 0.5) is 4.39 Å². The average Bonchev–Trinajstić information content (AvgIpc) is 3.26. The van der Waals surface area contributed by atoms with Crippen molar-refractivity contribution < 1.29 is 17.6 Å². The van der Waals surface area contributed by atoms with Crippen molar-refractivity contribution in [3.63, 3.8) is 0 Å². The maximum absolute atomic E-state index is 13.6. The summed E-state index contributed by atoms with van der Waals surface area (Å²) in [5.74, 6) is -0.645. The standard InChI is InChI=1S/C21H18FN5O3S2/c1-13-11-16(15-6-5-14(22)12-18(15)23-13)21(28)26-7-9-27(10-8-26)32(29,30)19-4-2-3-17-20(19)25-31-24-17/h2-6,11-12H,7-10H2,1H3. The Balaban J connectivity index is 1.39. The molecule has 164 valence electrons. The predicted molar refractivity (Wildman–Crippen MR) is 119 cm³/mol. The summed E-state index contributed by atoms with van der Waals surface area (Å²) in [6, 6.07) is 10.7. The number of benzene rings is 2. The summed E-state index contributed by atoms with van der Waals surface area (Å²) in [4.78, 5) is 19.3. The summed E-state index contributed by atoms with van der Waals surface area (Å²) in [5.41, 5.74) is 2.36. The number of piperazine rings is 1. The summed E-state index contributed by atoms with van der Waals surface area (Å²) in [6.07, 6.45) is 0. The molecular weight excluding hydrogens is 453 g/mol. The van der Waals surface area contributed by atoms with E-state index in [1.54, 1.807) is 36.1 Å². The fourth-order valence-corrected chi connectivity index (χ4v) is 6.12. The highest BCUT2D eigenvalue weighted by Crippen LogP contribution is 2.26. The van der Waals surface area contributed by atoms with Gasteiger partial charge in [0.15, 0.2) is 0 Å². The highest BCUT2D eigenvalue weighted by Gasteiger charge is 2.32. The number of rotatable bonds is 3. The first kappa shape index (κ1) is 20.9.